The molecule has 3 rings (SSSR count). The first-order valence-electron chi connectivity index (χ1n) is 10.2. The summed E-state index contributed by atoms with van der Waals surface area (Å²) in [5.74, 6) is -0.919. The Labute approximate surface area is 175 Å². The number of ether oxygens (including phenoxy) is 1. The normalized spacial score (nSPS) is 12.3. The molecule has 1 unspecified atom stereocenters. The Bertz CT molecular complexity index is 1020. The molecule has 0 saturated carbocycles. The van der Waals surface area contributed by atoms with Crippen LogP contribution in [0.3, 0.4) is 0 Å². The molecule has 158 valence electrons. The molecule has 1 aromatic heterocycles. The first kappa shape index (κ1) is 21.6. The quantitative estimate of drug-likeness (QED) is 0.519. The number of carbonyl (C=O) groups excluding carboxylic acids is 1. The summed E-state index contributed by atoms with van der Waals surface area (Å²) < 4.78 is 22.0. The predicted octanol–water partition coefficient (Wildman–Crippen LogP) is 4.69. The van der Waals surface area contributed by atoms with Crippen molar-refractivity contribution in [3.63, 3.8) is 0 Å². The fourth-order valence-corrected chi connectivity index (χ4v) is 3.28. The van der Waals surface area contributed by atoms with Gasteiger partial charge in [-0.3, -0.25) is 4.79 Å². The summed E-state index contributed by atoms with van der Waals surface area (Å²) in [5, 5.41) is 4.24. The van der Waals surface area contributed by atoms with E-state index in [0.717, 1.165) is 18.4 Å². The van der Waals surface area contributed by atoms with Crippen molar-refractivity contribution in [1.29, 1.82) is 0 Å². The second-order valence-corrected chi connectivity index (χ2v) is 7.50. The number of carbonyl (C=O) groups is 1. The number of benzene rings is 2. The minimum atomic E-state index is -0.773. The molecule has 0 aliphatic carbocycles. The molecule has 0 spiro atoms. The second kappa shape index (κ2) is 9.63. The number of nitrogens with two attached hydrogens (primary N) is 1. The van der Waals surface area contributed by atoms with E-state index < -0.39 is 11.7 Å². The molecule has 0 fully saturated rings. The van der Waals surface area contributed by atoms with Gasteiger partial charge in [-0.15, -0.1) is 5.10 Å². The van der Waals surface area contributed by atoms with Crippen molar-refractivity contribution >= 4 is 5.91 Å². The van der Waals surface area contributed by atoms with Crippen LogP contribution in [0.25, 0.3) is 17.1 Å². The SMILES string of the molecule is CCCCOC(c1cccc(-n2nc(C(N)=O)nc2-c2ccccc2F)c1)C(C)C. The lowest BCUT2D eigenvalue weighted by Crippen LogP contribution is -2.14. The van der Waals surface area contributed by atoms with Crippen LogP contribution in [0.5, 0.6) is 0 Å². The molecule has 2 N–H and O–H groups in total. The lowest BCUT2D eigenvalue weighted by atomic mass is 9.98. The minimum absolute atomic E-state index is 0.0902. The Hall–Kier alpha value is -3.06. The Balaban J connectivity index is 2.07. The van der Waals surface area contributed by atoms with Gasteiger partial charge in [-0.25, -0.2) is 14.1 Å². The first-order valence-corrected chi connectivity index (χ1v) is 10.2. The number of halogens is 1. The molecule has 2 aromatic carbocycles. The molecule has 30 heavy (non-hydrogen) atoms. The third-order valence-electron chi connectivity index (χ3n) is 4.79. The highest BCUT2D eigenvalue weighted by atomic mass is 19.1. The summed E-state index contributed by atoms with van der Waals surface area (Å²) >= 11 is 0. The monoisotopic (exact) mass is 410 g/mol. The average Bonchev–Trinajstić information content (AvgIpc) is 3.17. The van der Waals surface area contributed by atoms with E-state index in [4.69, 9.17) is 10.5 Å². The molecule has 0 aliphatic heterocycles. The average molecular weight is 410 g/mol. The Kier molecular flexibility index (Phi) is 6.95. The van der Waals surface area contributed by atoms with Gasteiger partial charge in [-0.2, -0.15) is 0 Å². The zero-order valence-corrected chi connectivity index (χ0v) is 17.5. The van der Waals surface area contributed by atoms with Crippen LogP contribution in [0, 0.1) is 11.7 Å². The van der Waals surface area contributed by atoms with E-state index in [1.54, 1.807) is 18.2 Å². The van der Waals surface area contributed by atoms with Crippen LogP contribution >= 0.6 is 0 Å². The standard InChI is InChI=1S/C23H27FN4O2/c1-4-5-13-30-20(15(2)3)16-9-8-10-17(14-16)28-23(26-22(27-28)21(25)29)18-11-6-7-12-19(18)24/h6-12,14-15,20H,4-5,13H2,1-3H3,(H2,25,29). The maximum atomic E-state index is 14.5. The molecule has 0 radical (unpaired) electrons. The summed E-state index contributed by atoms with van der Waals surface area (Å²) in [5.41, 5.74) is 7.25. The molecular weight excluding hydrogens is 383 g/mol. The molecular formula is C23H27FN4O2. The fraction of sp³-hybridized carbons (Fsp3) is 0.348. The molecule has 0 aliphatic rings. The topological polar surface area (TPSA) is 83.0 Å². The highest BCUT2D eigenvalue weighted by Crippen LogP contribution is 2.29. The molecule has 3 aromatic rings. The van der Waals surface area contributed by atoms with E-state index in [-0.39, 0.29) is 29.2 Å². The molecule has 1 atom stereocenters. The van der Waals surface area contributed by atoms with Crippen LogP contribution in [0.1, 0.15) is 55.9 Å². The van der Waals surface area contributed by atoms with Crippen molar-refractivity contribution in [2.75, 3.05) is 6.61 Å². The molecule has 1 heterocycles. The van der Waals surface area contributed by atoms with E-state index >= 15 is 0 Å². The van der Waals surface area contributed by atoms with Crippen molar-refractivity contribution in [1.82, 2.24) is 14.8 Å². The number of amides is 1. The van der Waals surface area contributed by atoms with E-state index in [2.05, 4.69) is 30.9 Å². The van der Waals surface area contributed by atoms with Crippen LogP contribution in [-0.4, -0.2) is 27.3 Å². The lowest BCUT2D eigenvalue weighted by molar-refractivity contribution is 0.0194. The van der Waals surface area contributed by atoms with Crippen molar-refractivity contribution in [3.05, 3.63) is 65.7 Å². The summed E-state index contributed by atoms with van der Waals surface area (Å²) in [6.45, 7) is 7.02. The van der Waals surface area contributed by atoms with E-state index in [1.165, 1.54) is 10.7 Å². The van der Waals surface area contributed by atoms with Gasteiger partial charge in [0.2, 0.25) is 5.82 Å². The summed E-state index contributed by atoms with van der Waals surface area (Å²) in [6.07, 6.45) is 1.96. The van der Waals surface area contributed by atoms with Crippen LogP contribution in [-0.2, 0) is 4.74 Å². The van der Waals surface area contributed by atoms with Gasteiger partial charge in [0.15, 0.2) is 5.82 Å². The van der Waals surface area contributed by atoms with Crippen LogP contribution < -0.4 is 5.73 Å². The van der Waals surface area contributed by atoms with Gasteiger partial charge in [0.25, 0.3) is 5.91 Å². The van der Waals surface area contributed by atoms with E-state index in [9.17, 15) is 9.18 Å². The van der Waals surface area contributed by atoms with Gasteiger partial charge in [-0.1, -0.05) is 51.5 Å². The summed E-state index contributed by atoms with van der Waals surface area (Å²) in [4.78, 5) is 15.9. The van der Waals surface area contributed by atoms with Crippen molar-refractivity contribution in [2.24, 2.45) is 11.7 Å². The van der Waals surface area contributed by atoms with Crippen molar-refractivity contribution in [2.45, 2.75) is 39.7 Å². The van der Waals surface area contributed by atoms with Gasteiger partial charge in [0, 0.05) is 6.61 Å². The Morgan fingerprint density at radius 1 is 1.20 bits per heavy atom. The lowest BCUT2D eigenvalue weighted by Gasteiger charge is -2.22. The first-order chi connectivity index (χ1) is 14.4. The molecule has 0 bridgehead atoms. The van der Waals surface area contributed by atoms with Crippen molar-refractivity contribution in [3.8, 4) is 17.1 Å². The number of aromatic nitrogens is 3. The smallest absolute Gasteiger partial charge is 0.288 e. The second-order valence-electron chi connectivity index (χ2n) is 7.50. The van der Waals surface area contributed by atoms with Gasteiger partial charge in [0.1, 0.15) is 5.82 Å². The largest absolute Gasteiger partial charge is 0.373 e. The van der Waals surface area contributed by atoms with E-state index in [1.807, 2.05) is 24.3 Å². The van der Waals surface area contributed by atoms with Crippen molar-refractivity contribution < 1.29 is 13.9 Å². The highest BCUT2D eigenvalue weighted by Gasteiger charge is 2.21. The molecule has 7 heteroatoms. The summed E-state index contributed by atoms with van der Waals surface area (Å²) in [7, 11) is 0. The predicted molar refractivity (Wildman–Crippen MR) is 114 cm³/mol. The third kappa shape index (κ3) is 4.74. The fourth-order valence-electron chi connectivity index (χ4n) is 3.28. The zero-order valence-electron chi connectivity index (χ0n) is 17.5. The number of hydrogen-bond donors (Lipinski definition) is 1. The highest BCUT2D eigenvalue weighted by molar-refractivity contribution is 5.89. The van der Waals surface area contributed by atoms with Gasteiger partial charge >= 0.3 is 0 Å². The third-order valence-corrected chi connectivity index (χ3v) is 4.79. The summed E-state index contributed by atoms with van der Waals surface area (Å²) in [6, 6.07) is 13.9. The van der Waals surface area contributed by atoms with Gasteiger partial charge in [-0.05, 0) is 42.2 Å². The van der Waals surface area contributed by atoms with Gasteiger partial charge in [0.05, 0.1) is 17.4 Å². The van der Waals surface area contributed by atoms with Crippen LogP contribution in [0.4, 0.5) is 4.39 Å². The number of nitrogens with zero attached hydrogens (tertiary/aromatic N) is 3. The van der Waals surface area contributed by atoms with Crippen LogP contribution in [0.15, 0.2) is 48.5 Å². The van der Waals surface area contributed by atoms with Crippen LogP contribution in [0.2, 0.25) is 0 Å². The molecule has 0 saturated heterocycles. The van der Waals surface area contributed by atoms with Gasteiger partial charge < -0.3 is 10.5 Å². The number of rotatable bonds is 9. The number of primary amides is 1. The Morgan fingerprint density at radius 3 is 2.63 bits per heavy atom. The Morgan fingerprint density at radius 2 is 1.97 bits per heavy atom. The number of hydrogen-bond acceptors (Lipinski definition) is 4. The maximum Gasteiger partial charge on any atom is 0.288 e. The zero-order chi connectivity index (χ0) is 21.7. The maximum absolute atomic E-state index is 14.5. The molecule has 6 nitrogen and oxygen atoms in total. The van der Waals surface area contributed by atoms with E-state index in [0.29, 0.717) is 12.3 Å². The number of unbranched alkanes of at least 4 members (excludes halogenated alkanes) is 1. The molecule has 1 amide bonds. The minimum Gasteiger partial charge on any atom is -0.373 e.